The number of hydrogen-bond acceptors (Lipinski definition) is 4. The average molecular weight is 276 g/mol. The van der Waals surface area contributed by atoms with Crippen LogP contribution in [0.15, 0.2) is 18.2 Å². The predicted octanol–water partition coefficient (Wildman–Crippen LogP) is -0.176. The number of phenols is 1. The molecule has 3 rings (SSSR count). The Balaban J connectivity index is 1.79. The fourth-order valence-electron chi connectivity index (χ4n) is 2.69. The number of benzene rings is 1. The lowest BCUT2D eigenvalue weighted by Gasteiger charge is -2.36. The maximum absolute atomic E-state index is 12.4. The van der Waals surface area contributed by atoms with Crippen molar-refractivity contribution in [3.63, 3.8) is 0 Å². The third kappa shape index (κ3) is 1.91. The Morgan fingerprint density at radius 2 is 2.20 bits per heavy atom. The van der Waals surface area contributed by atoms with E-state index in [1.54, 1.807) is 28.0 Å². The molecule has 0 aromatic heterocycles. The first kappa shape index (κ1) is 12.6. The summed E-state index contributed by atoms with van der Waals surface area (Å²) >= 11 is 0. The highest BCUT2D eigenvalue weighted by Gasteiger charge is 2.37. The van der Waals surface area contributed by atoms with Gasteiger partial charge in [0.2, 0.25) is 0 Å². The van der Waals surface area contributed by atoms with Gasteiger partial charge in [0.05, 0.1) is 17.3 Å². The van der Waals surface area contributed by atoms with Gasteiger partial charge in [-0.2, -0.15) is 0 Å². The number of carbonyl (C=O) groups is 2. The van der Waals surface area contributed by atoms with Crippen molar-refractivity contribution >= 4 is 17.6 Å². The molecule has 106 valence electrons. The van der Waals surface area contributed by atoms with Gasteiger partial charge in [0.1, 0.15) is 0 Å². The van der Waals surface area contributed by atoms with Crippen LogP contribution in [0.4, 0.5) is 10.5 Å². The first-order valence-corrected chi connectivity index (χ1v) is 6.49. The van der Waals surface area contributed by atoms with Crippen LogP contribution in [-0.2, 0) is 0 Å². The fraction of sp³-hybridized carbons (Fsp3) is 0.385. The highest BCUT2D eigenvalue weighted by molar-refractivity contribution is 5.98. The molecule has 0 saturated carbocycles. The lowest BCUT2D eigenvalue weighted by molar-refractivity contribution is 0.0614. The summed E-state index contributed by atoms with van der Waals surface area (Å²) in [5.74, 6) is -0.436. The average Bonchev–Trinajstić information content (AvgIpc) is 2.82. The lowest BCUT2D eigenvalue weighted by Crippen LogP contribution is -2.53. The van der Waals surface area contributed by atoms with E-state index < -0.39 is 0 Å². The van der Waals surface area contributed by atoms with Gasteiger partial charge in [0, 0.05) is 26.2 Å². The van der Waals surface area contributed by atoms with Gasteiger partial charge in [-0.1, -0.05) is 6.07 Å². The van der Waals surface area contributed by atoms with Gasteiger partial charge in [-0.3, -0.25) is 4.79 Å². The summed E-state index contributed by atoms with van der Waals surface area (Å²) in [7, 11) is 0. The monoisotopic (exact) mass is 276 g/mol. The molecule has 4 N–H and O–H groups in total. The van der Waals surface area contributed by atoms with Crippen molar-refractivity contribution < 1.29 is 14.7 Å². The van der Waals surface area contributed by atoms with E-state index in [1.807, 2.05) is 0 Å². The van der Waals surface area contributed by atoms with Gasteiger partial charge in [-0.05, 0) is 12.1 Å². The Bertz CT molecular complexity index is 575. The van der Waals surface area contributed by atoms with Crippen LogP contribution in [0.5, 0.6) is 5.75 Å². The number of fused-ring (bicyclic) bond motifs is 1. The Labute approximate surface area is 116 Å². The lowest BCUT2D eigenvalue weighted by atomic mass is 10.1. The zero-order chi connectivity index (χ0) is 14.3. The van der Waals surface area contributed by atoms with E-state index in [0.717, 1.165) is 0 Å². The van der Waals surface area contributed by atoms with Gasteiger partial charge in [-0.25, -0.2) is 4.79 Å². The summed E-state index contributed by atoms with van der Waals surface area (Å²) < 4.78 is 0. The number of phenolic OH excluding ortho intramolecular Hbond substituents is 1. The van der Waals surface area contributed by atoms with Crippen molar-refractivity contribution in [2.45, 2.75) is 6.04 Å². The van der Waals surface area contributed by atoms with E-state index in [0.29, 0.717) is 26.2 Å². The normalized spacial score (nSPS) is 21.6. The van der Waals surface area contributed by atoms with Crippen molar-refractivity contribution in [3.05, 3.63) is 23.8 Å². The topological polar surface area (TPSA) is 98.9 Å². The highest BCUT2D eigenvalue weighted by atomic mass is 16.3. The standard InChI is InChI=1S/C13H16N4O3/c14-10-3-1-2-9(11(10)18)12(19)16-4-5-17-8(7-16)6-15-13(17)20/h1-3,8,18H,4-7,14H2,(H,15,20). The second kappa shape index (κ2) is 4.59. The first-order valence-electron chi connectivity index (χ1n) is 6.49. The zero-order valence-electron chi connectivity index (χ0n) is 10.9. The van der Waals surface area contributed by atoms with E-state index >= 15 is 0 Å². The molecule has 2 aliphatic rings. The minimum Gasteiger partial charge on any atom is -0.505 e. The van der Waals surface area contributed by atoms with Crippen molar-refractivity contribution in [1.29, 1.82) is 0 Å². The molecule has 1 aromatic rings. The summed E-state index contributed by atoms with van der Waals surface area (Å²) in [6.07, 6.45) is 0. The number of urea groups is 1. The number of para-hydroxylation sites is 1. The van der Waals surface area contributed by atoms with E-state index in [4.69, 9.17) is 5.73 Å². The molecular weight excluding hydrogens is 260 g/mol. The van der Waals surface area contributed by atoms with Gasteiger partial charge in [0.15, 0.2) is 5.75 Å². The number of rotatable bonds is 1. The van der Waals surface area contributed by atoms with Crippen LogP contribution in [0.3, 0.4) is 0 Å². The summed E-state index contributed by atoms with van der Waals surface area (Å²) in [6.45, 7) is 1.97. The Hall–Kier alpha value is -2.44. The SMILES string of the molecule is Nc1cccc(C(=O)N2CCN3C(=O)NCC3C2)c1O. The number of nitrogen functional groups attached to an aromatic ring is 1. The minimum absolute atomic E-state index is 0.00315. The van der Waals surface area contributed by atoms with Crippen LogP contribution < -0.4 is 11.1 Å². The van der Waals surface area contributed by atoms with Crippen molar-refractivity contribution in [3.8, 4) is 5.75 Å². The minimum atomic E-state index is -0.256. The molecule has 0 bridgehead atoms. The number of anilines is 1. The maximum atomic E-state index is 12.4. The van der Waals surface area contributed by atoms with E-state index in [9.17, 15) is 14.7 Å². The molecule has 20 heavy (non-hydrogen) atoms. The van der Waals surface area contributed by atoms with Crippen LogP contribution in [0.2, 0.25) is 0 Å². The smallest absolute Gasteiger partial charge is 0.317 e. The number of nitrogens with zero attached hydrogens (tertiary/aromatic N) is 2. The molecule has 1 atom stereocenters. The molecule has 1 unspecified atom stereocenters. The second-order valence-corrected chi connectivity index (χ2v) is 5.03. The molecule has 2 aliphatic heterocycles. The number of amides is 3. The number of nitrogens with two attached hydrogens (primary N) is 1. The summed E-state index contributed by atoms with van der Waals surface area (Å²) in [5.41, 5.74) is 6.00. The zero-order valence-corrected chi connectivity index (χ0v) is 10.9. The van der Waals surface area contributed by atoms with Crippen molar-refractivity contribution in [2.24, 2.45) is 0 Å². The summed E-state index contributed by atoms with van der Waals surface area (Å²) in [5, 5.41) is 12.6. The second-order valence-electron chi connectivity index (χ2n) is 5.03. The highest BCUT2D eigenvalue weighted by Crippen LogP contribution is 2.26. The molecule has 7 heteroatoms. The number of aromatic hydroxyl groups is 1. The van der Waals surface area contributed by atoms with Gasteiger partial charge >= 0.3 is 6.03 Å². The third-order valence-corrected chi connectivity index (χ3v) is 3.82. The molecule has 2 heterocycles. The first-order chi connectivity index (χ1) is 9.58. The van der Waals surface area contributed by atoms with E-state index in [1.165, 1.54) is 0 Å². The van der Waals surface area contributed by atoms with Gasteiger partial charge < -0.3 is 26.0 Å². The summed E-state index contributed by atoms with van der Waals surface area (Å²) in [4.78, 5) is 27.3. The molecule has 0 aliphatic carbocycles. The summed E-state index contributed by atoms with van der Waals surface area (Å²) in [6, 6.07) is 4.67. The molecular formula is C13H16N4O3. The molecule has 0 radical (unpaired) electrons. The van der Waals surface area contributed by atoms with Crippen LogP contribution >= 0.6 is 0 Å². The number of nitrogens with one attached hydrogen (secondary N) is 1. The van der Waals surface area contributed by atoms with Crippen LogP contribution in [0, 0.1) is 0 Å². The Morgan fingerprint density at radius 3 is 3.00 bits per heavy atom. The van der Waals surface area contributed by atoms with Gasteiger partial charge in [-0.15, -0.1) is 0 Å². The van der Waals surface area contributed by atoms with E-state index in [-0.39, 0.29) is 35.0 Å². The molecule has 0 spiro atoms. The third-order valence-electron chi connectivity index (χ3n) is 3.82. The van der Waals surface area contributed by atoms with Crippen LogP contribution in [-0.4, -0.2) is 59.1 Å². The Morgan fingerprint density at radius 1 is 1.40 bits per heavy atom. The van der Waals surface area contributed by atoms with Gasteiger partial charge in [0.25, 0.3) is 5.91 Å². The molecule has 2 fully saturated rings. The van der Waals surface area contributed by atoms with Crippen molar-refractivity contribution in [1.82, 2.24) is 15.1 Å². The molecule has 1 aromatic carbocycles. The van der Waals surface area contributed by atoms with Crippen molar-refractivity contribution in [2.75, 3.05) is 31.9 Å². The largest absolute Gasteiger partial charge is 0.505 e. The number of hydrogen-bond donors (Lipinski definition) is 3. The van der Waals surface area contributed by atoms with E-state index in [2.05, 4.69) is 5.32 Å². The quantitative estimate of drug-likeness (QED) is 0.489. The Kier molecular flexibility index (Phi) is 2.89. The molecule has 2 saturated heterocycles. The van der Waals surface area contributed by atoms with Crippen LogP contribution in [0.1, 0.15) is 10.4 Å². The maximum Gasteiger partial charge on any atom is 0.317 e. The molecule has 3 amide bonds. The fourth-order valence-corrected chi connectivity index (χ4v) is 2.69. The molecule has 7 nitrogen and oxygen atoms in total. The number of piperazine rings is 1. The predicted molar refractivity (Wildman–Crippen MR) is 72.3 cm³/mol. The number of carbonyl (C=O) groups excluding carboxylic acids is 2. The van der Waals surface area contributed by atoms with Crippen LogP contribution in [0.25, 0.3) is 0 Å².